The van der Waals surface area contributed by atoms with Crippen LogP contribution in [0.3, 0.4) is 0 Å². The van der Waals surface area contributed by atoms with E-state index < -0.39 is 29.6 Å². The second kappa shape index (κ2) is 11.7. The Hall–Kier alpha value is -3.55. The Morgan fingerprint density at radius 2 is 1.71 bits per heavy atom. The molecule has 0 radical (unpaired) electrons. The zero-order valence-electron chi connectivity index (χ0n) is 21.6. The Labute approximate surface area is 207 Å². The van der Waals surface area contributed by atoms with Crippen LogP contribution < -0.4 is 10.6 Å². The van der Waals surface area contributed by atoms with Gasteiger partial charge in [-0.1, -0.05) is 31.2 Å². The number of nitrogens with one attached hydrogen (secondary N) is 2. The molecular formula is C27H37N3O5. The van der Waals surface area contributed by atoms with Crippen molar-refractivity contribution in [1.29, 1.82) is 0 Å². The predicted octanol–water partition coefficient (Wildman–Crippen LogP) is 4.84. The highest BCUT2D eigenvalue weighted by Gasteiger charge is 2.35. The Morgan fingerprint density at radius 3 is 2.29 bits per heavy atom. The molecule has 8 heteroatoms. The Kier molecular flexibility index (Phi) is 9.28. The summed E-state index contributed by atoms with van der Waals surface area (Å²) in [5, 5.41) is 15.5. The van der Waals surface area contributed by atoms with Crippen LogP contribution in [0, 0.1) is 13.8 Å². The average Bonchev–Trinajstić information content (AvgIpc) is 2.77. The van der Waals surface area contributed by atoms with Gasteiger partial charge in [-0.3, -0.25) is 9.59 Å². The third-order valence-corrected chi connectivity index (χ3v) is 5.60. The van der Waals surface area contributed by atoms with Crippen molar-refractivity contribution in [3.63, 3.8) is 0 Å². The van der Waals surface area contributed by atoms with Crippen LogP contribution in [0.2, 0.25) is 0 Å². The van der Waals surface area contributed by atoms with Crippen LogP contribution in [-0.4, -0.2) is 46.1 Å². The van der Waals surface area contributed by atoms with Gasteiger partial charge in [0.2, 0.25) is 5.91 Å². The van der Waals surface area contributed by atoms with Crippen molar-refractivity contribution in [3.05, 3.63) is 59.2 Å². The zero-order valence-corrected chi connectivity index (χ0v) is 21.6. The molecule has 2 atom stereocenters. The van der Waals surface area contributed by atoms with Crippen molar-refractivity contribution in [1.82, 2.24) is 10.2 Å². The lowest BCUT2D eigenvalue weighted by Crippen LogP contribution is -2.50. The van der Waals surface area contributed by atoms with Crippen LogP contribution >= 0.6 is 0 Å². The summed E-state index contributed by atoms with van der Waals surface area (Å²) in [7, 11) is 0. The molecule has 0 aromatic heterocycles. The van der Waals surface area contributed by atoms with Crippen molar-refractivity contribution in [2.75, 3.05) is 11.9 Å². The smallest absolute Gasteiger partial charge is 0.408 e. The first-order chi connectivity index (χ1) is 16.3. The molecule has 190 valence electrons. The fourth-order valence-corrected chi connectivity index (χ4v) is 3.60. The average molecular weight is 484 g/mol. The molecule has 0 aliphatic heterocycles. The lowest BCUT2D eigenvalue weighted by molar-refractivity contribution is -0.140. The minimum Gasteiger partial charge on any atom is -0.508 e. The number of carbonyl (C=O) groups excluding carboxylic acids is 3. The van der Waals surface area contributed by atoms with Gasteiger partial charge >= 0.3 is 6.09 Å². The minimum atomic E-state index is -0.989. The van der Waals surface area contributed by atoms with E-state index in [9.17, 15) is 19.5 Å². The predicted molar refractivity (Wildman–Crippen MR) is 136 cm³/mol. The maximum atomic E-state index is 13.7. The van der Waals surface area contributed by atoms with E-state index in [4.69, 9.17) is 4.74 Å². The number of alkyl carbamates (subject to hydrolysis) is 1. The number of phenolic OH excluding ortho intramolecular Hbond substituents is 1. The summed E-state index contributed by atoms with van der Waals surface area (Å²) in [5.41, 5.74) is 1.95. The summed E-state index contributed by atoms with van der Waals surface area (Å²) in [6.07, 6.45) is -0.125. The molecule has 0 saturated heterocycles. The fourth-order valence-electron chi connectivity index (χ4n) is 3.60. The molecule has 3 N–H and O–H groups in total. The highest BCUT2D eigenvalue weighted by Crippen LogP contribution is 2.30. The first-order valence-electron chi connectivity index (χ1n) is 11.8. The number of anilines is 1. The lowest BCUT2D eigenvalue weighted by atomic mass is 9.98. The van der Waals surface area contributed by atoms with Gasteiger partial charge in [0, 0.05) is 11.7 Å². The second-order valence-corrected chi connectivity index (χ2v) is 9.67. The third-order valence-electron chi connectivity index (χ3n) is 5.60. The van der Waals surface area contributed by atoms with E-state index in [2.05, 4.69) is 10.6 Å². The van der Waals surface area contributed by atoms with Gasteiger partial charge < -0.3 is 25.4 Å². The van der Waals surface area contributed by atoms with E-state index in [0.717, 1.165) is 5.56 Å². The first-order valence-corrected chi connectivity index (χ1v) is 11.8. The van der Waals surface area contributed by atoms with Crippen LogP contribution in [0.15, 0.2) is 42.5 Å². The van der Waals surface area contributed by atoms with Crippen LogP contribution in [0.5, 0.6) is 5.75 Å². The number of aromatic hydroxyl groups is 1. The number of ether oxygens (including phenoxy) is 1. The molecule has 0 bridgehead atoms. The molecule has 2 aromatic rings. The zero-order chi connectivity index (χ0) is 26.3. The first kappa shape index (κ1) is 27.7. The standard InChI is InChI=1S/C27H37N3O5/c1-8-19(4)30(23(32)16-28-26(34)35-27(5,6)7)24(20-13-14-22(31)18(3)15-20)25(33)29-21-12-10-9-11-17(21)2/h9-15,19,24,31H,8,16H2,1-7H3,(H,28,34)(H,29,33). The summed E-state index contributed by atoms with van der Waals surface area (Å²) in [6.45, 7) is 12.3. The van der Waals surface area contributed by atoms with Gasteiger partial charge in [0.1, 0.15) is 23.9 Å². The van der Waals surface area contributed by atoms with E-state index in [0.29, 0.717) is 23.2 Å². The van der Waals surface area contributed by atoms with Crippen LogP contribution in [0.4, 0.5) is 10.5 Å². The normalized spacial score (nSPS) is 12.9. The Balaban J connectivity index is 2.44. The van der Waals surface area contributed by atoms with Crippen molar-refractivity contribution in [2.24, 2.45) is 0 Å². The summed E-state index contributed by atoms with van der Waals surface area (Å²) >= 11 is 0. The molecule has 2 aromatic carbocycles. The van der Waals surface area contributed by atoms with E-state index in [1.165, 1.54) is 11.0 Å². The number of nitrogens with zero attached hydrogens (tertiary/aromatic N) is 1. The summed E-state index contributed by atoms with van der Waals surface area (Å²) in [5.74, 6) is -0.726. The molecule has 0 heterocycles. The van der Waals surface area contributed by atoms with Crippen LogP contribution in [0.25, 0.3) is 0 Å². The number of hydrogen-bond acceptors (Lipinski definition) is 5. The van der Waals surface area contributed by atoms with E-state index >= 15 is 0 Å². The SMILES string of the molecule is CCC(C)N(C(=O)CNC(=O)OC(C)(C)C)C(C(=O)Nc1ccccc1C)c1ccc(O)c(C)c1. The molecule has 8 nitrogen and oxygen atoms in total. The number of benzene rings is 2. The monoisotopic (exact) mass is 483 g/mol. The van der Waals surface area contributed by atoms with Crippen molar-refractivity contribution >= 4 is 23.6 Å². The van der Waals surface area contributed by atoms with Crippen molar-refractivity contribution in [2.45, 2.75) is 72.6 Å². The van der Waals surface area contributed by atoms with Crippen LogP contribution in [0.1, 0.15) is 63.8 Å². The number of rotatable bonds is 8. The minimum absolute atomic E-state index is 0.0971. The number of hydrogen-bond donors (Lipinski definition) is 3. The number of phenols is 1. The summed E-state index contributed by atoms with van der Waals surface area (Å²) < 4.78 is 5.24. The quantitative estimate of drug-likeness (QED) is 0.498. The van der Waals surface area contributed by atoms with Crippen LogP contribution in [-0.2, 0) is 14.3 Å². The molecule has 3 amide bonds. The van der Waals surface area contributed by atoms with E-state index in [1.54, 1.807) is 45.9 Å². The van der Waals surface area contributed by atoms with Gasteiger partial charge in [-0.2, -0.15) is 0 Å². The summed E-state index contributed by atoms with van der Waals surface area (Å²) in [4.78, 5) is 40.7. The van der Waals surface area contributed by atoms with Crippen molar-refractivity contribution in [3.8, 4) is 5.75 Å². The lowest BCUT2D eigenvalue weighted by Gasteiger charge is -2.36. The van der Waals surface area contributed by atoms with Gasteiger partial charge in [-0.15, -0.1) is 0 Å². The fraction of sp³-hybridized carbons (Fsp3) is 0.444. The Morgan fingerprint density at radius 1 is 1.06 bits per heavy atom. The van der Waals surface area contributed by atoms with Crippen molar-refractivity contribution < 1.29 is 24.2 Å². The number of aryl methyl sites for hydroxylation is 2. The third kappa shape index (κ3) is 7.73. The van der Waals surface area contributed by atoms with E-state index in [-0.39, 0.29) is 18.3 Å². The molecule has 2 rings (SSSR count). The van der Waals surface area contributed by atoms with Gasteiger partial charge in [-0.05, 0) is 82.9 Å². The Bertz CT molecular complexity index is 1060. The molecule has 0 aliphatic rings. The second-order valence-electron chi connectivity index (χ2n) is 9.67. The topological polar surface area (TPSA) is 108 Å². The molecular weight excluding hydrogens is 446 g/mol. The van der Waals surface area contributed by atoms with Gasteiger partial charge in [-0.25, -0.2) is 4.79 Å². The van der Waals surface area contributed by atoms with Gasteiger partial charge in [0.15, 0.2) is 0 Å². The van der Waals surface area contributed by atoms with Gasteiger partial charge in [0.05, 0.1) is 0 Å². The number of amides is 3. The highest BCUT2D eigenvalue weighted by atomic mass is 16.6. The molecule has 0 fully saturated rings. The van der Waals surface area contributed by atoms with E-state index in [1.807, 2.05) is 39.0 Å². The maximum Gasteiger partial charge on any atom is 0.408 e. The largest absolute Gasteiger partial charge is 0.508 e. The molecule has 0 spiro atoms. The maximum absolute atomic E-state index is 13.7. The number of carbonyl (C=O) groups is 3. The number of para-hydroxylation sites is 1. The van der Waals surface area contributed by atoms with Gasteiger partial charge in [0.25, 0.3) is 5.91 Å². The molecule has 0 saturated carbocycles. The molecule has 2 unspecified atom stereocenters. The summed E-state index contributed by atoms with van der Waals surface area (Å²) in [6, 6.07) is 10.9. The molecule has 35 heavy (non-hydrogen) atoms. The highest BCUT2D eigenvalue weighted by molar-refractivity contribution is 5.99. The molecule has 0 aliphatic carbocycles.